The molecule has 0 saturated heterocycles. The second-order valence-electron chi connectivity index (χ2n) is 9.70. The van der Waals surface area contributed by atoms with Gasteiger partial charge in [-0.25, -0.2) is 17.2 Å². The highest BCUT2D eigenvalue weighted by molar-refractivity contribution is 7.90. The van der Waals surface area contributed by atoms with Crippen LogP contribution in [0.2, 0.25) is 0 Å². The third-order valence-corrected chi connectivity index (χ3v) is 7.06. The maximum Gasteiger partial charge on any atom is 0.412 e. The van der Waals surface area contributed by atoms with E-state index in [0.29, 0.717) is 16.9 Å². The van der Waals surface area contributed by atoms with E-state index in [2.05, 4.69) is 15.7 Å². The molecule has 2 heterocycles. The SMILES string of the molecule is Cn1cc(-c2ccc(S(=O)(=O)n3ccc(C=CC(=O)Nc4ccccc4NC(=O)OC(C)(C)C)c3)cc2)cn1. The van der Waals surface area contributed by atoms with Crippen molar-refractivity contribution in [2.45, 2.75) is 31.3 Å². The van der Waals surface area contributed by atoms with Crippen molar-refractivity contribution in [2.24, 2.45) is 7.05 Å². The molecule has 2 aromatic carbocycles. The highest BCUT2D eigenvalue weighted by Crippen LogP contribution is 2.24. The highest BCUT2D eigenvalue weighted by atomic mass is 32.2. The fourth-order valence-corrected chi connectivity index (χ4v) is 4.82. The van der Waals surface area contributed by atoms with Gasteiger partial charge in [-0.05, 0) is 68.3 Å². The predicted molar refractivity (Wildman–Crippen MR) is 150 cm³/mol. The van der Waals surface area contributed by atoms with Crippen LogP contribution in [-0.4, -0.2) is 39.8 Å². The normalized spacial score (nSPS) is 11.9. The lowest BCUT2D eigenvalue weighted by molar-refractivity contribution is -0.111. The average Bonchev–Trinajstić information content (AvgIpc) is 3.53. The van der Waals surface area contributed by atoms with Crippen LogP contribution >= 0.6 is 0 Å². The van der Waals surface area contributed by atoms with Crippen LogP contribution in [0.4, 0.5) is 16.2 Å². The fourth-order valence-electron chi connectivity index (χ4n) is 3.61. The van der Waals surface area contributed by atoms with E-state index in [1.165, 1.54) is 24.5 Å². The monoisotopic (exact) mass is 547 g/mol. The second-order valence-corrected chi connectivity index (χ2v) is 11.5. The van der Waals surface area contributed by atoms with Gasteiger partial charge in [0, 0.05) is 37.3 Å². The number of nitrogens with one attached hydrogen (secondary N) is 2. The number of para-hydroxylation sites is 2. The second kappa shape index (κ2) is 11.0. The number of rotatable bonds is 7. The van der Waals surface area contributed by atoms with Gasteiger partial charge in [0.1, 0.15) is 5.60 Å². The summed E-state index contributed by atoms with van der Waals surface area (Å²) in [6.07, 6.45) is 8.53. The smallest absolute Gasteiger partial charge is 0.412 e. The first-order valence-electron chi connectivity index (χ1n) is 12.0. The highest BCUT2D eigenvalue weighted by Gasteiger charge is 2.18. The van der Waals surface area contributed by atoms with Gasteiger partial charge in [-0.1, -0.05) is 24.3 Å². The summed E-state index contributed by atoms with van der Waals surface area (Å²) in [5.41, 5.74) is 2.34. The number of ether oxygens (including phenoxy) is 1. The Morgan fingerprint density at radius 1 is 0.923 bits per heavy atom. The summed E-state index contributed by atoms with van der Waals surface area (Å²) in [5.74, 6) is -0.463. The molecule has 11 heteroatoms. The van der Waals surface area contributed by atoms with E-state index in [4.69, 9.17) is 4.74 Å². The fraction of sp³-hybridized carbons (Fsp3) is 0.179. The van der Waals surface area contributed by atoms with Gasteiger partial charge in [-0.15, -0.1) is 0 Å². The van der Waals surface area contributed by atoms with Crippen molar-refractivity contribution < 1.29 is 22.7 Å². The zero-order valence-electron chi connectivity index (χ0n) is 22.0. The molecule has 0 atom stereocenters. The van der Waals surface area contributed by atoms with Crippen molar-refractivity contribution in [1.29, 1.82) is 0 Å². The summed E-state index contributed by atoms with van der Waals surface area (Å²) >= 11 is 0. The van der Waals surface area contributed by atoms with E-state index < -0.39 is 27.6 Å². The molecule has 4 aromatic rings. The zero-order valence-corrected chi connectivity index (χ0v) is 22.8. The Morgan fingerprint density at radius 2 is 1.59 bits per heavy atom. The Hall–Kier alpha value is -4.64. The van der Waals surface area contributed by atoms with Crippen molar-refractivity contribution in [3.63, 3.8) is 0 Å². The van der Waals surface area contributed by atoms with Crippen LogP contribution in [0.25, 0.3) is 17.2 Å². The van der Waals surface area contributed by atoms with E-state index in [1.54, 1.807) is 86.2 Å². The van der Waals surface area contributed by atoms with Gasteiger partial charge in [0.25, 0.3) is 10.0 Å². The largest absolute Gasteiger partial charge is 0.444 e. The molecule has 0 radical (unpaired) electrons. The van der Waals surface area contributed by atoms with Gasteiger partial charge >= 0.3 is 6.09 Å². The molecule has 0 aliphatic carbocycles. The Balaban J connectivity index is 1.42. The number of aryl methyl sites for hydroxylation is 1. The van der Waals surface area contributed by atoms with Crippen molar-refractivity contribution in [3.8, 4) is 11.1 Å². The third-order valence-electron chi connectivity index (χ3n) is 5.41. The molecule has 2 amide bonds. The number of benzene rings is 2. The summed E-state index contributed by atoms with van der Waals surface area (Å²) in [5, 5.41) is 9.46. The topological polar surface area (TPSA) is 124 Å². The standard InChI is InChI=1S/C28H29N5O5S/c1-28(2,3)38-27(35)31-25-8-6-5-7-24(25)30-26(34)14-9-20-15-16-33(18-20)39(36,37)23-12-10-21(11-13-23)22-17-29-32(4)19-22/h5-19H,1-4H3,(H,30,34)(H,31,35). The maximum absolute atomic E-state index is 13.1. The Morgan fingerprint density at radius 3 is 2.21 bits per heavy atom. The van der Waals surface area contributed by atoms with Gasteiger partial charge in [0.05, 0.1) is 22.5 Å². The number of carbonyl (C=O) groups is 2. The first-order valence-corrected chi connectivity index (χ1v) is 13.5. The first-order chi connectivity index (χ1) is 18.4. The molecule has 0 fully saturated rings. The van der Waals surface area contributed by atoms with Gasteiger partial charge in [0.15, 0.2) is 0 Å². The number of nitrogens with zero attached hydrogens (tertiary/aromatic N) is 3. The molecule has 4 rings (SSSR count). The van der Waals surface area contributed by atoms with E-state index in [-0.39, 0.29) is 4.90 Å². The number of hydrogen-bond donors (Lipinski definition) is 2. The quantitative estimate of drug-likeness (QED) is 0.309. The van der Waals surface area contributed by atoms with E-state index in [0.717, 1.165) is 15.1 Å². The molecule has 0 aliphatic rings. The van der Waals surface area contributed by atoms with E-state index in [9.17, 15) is 18.0 Å². The zero-order chi connectivity index (χ0) is 28.2. The van der Waals surface area contributed by atoms with Crippen molar-refractivity contribution >= 4 is 39.5 Å². The van der Waals surface area contributed by atoms with Crippen LogP contribution < -0.4 is 10.6 Å². The predicted octanol–water partition coefficient (Wildman–Crippen LogP) is 5.12. The average molecular weight is 548 g/mol. The van der Waals surface area contributed by atoms with Crippen LogP contribution in [0, 0.1) is 0 Å². The molecule has 2 aromatic heterocycles. The molecular weight excluding hydrogens is 518 g/mol. The summed E-state index contributed by atoms with van der Waals surface area (Å²) < 4.78 is 34.2. The minimum Gasteiger partial charge on any atom is -0.444 e. The molecule has 0 aliphatic heterocycles. The van der Waals surface area contributed by atoms with Crippen LogP contribution in [0.1, 0.15) is 26.3 Å². The summed E-state index contributed by atoms with van der Waals surface area (Å²) in [6.45, 7) is 5.26. The summed E-state index contributed by atoms with van der Waals surface area (Å²) in [4.78, 5) is 24.8. The Bertz CT molecular complexity index is 1630. The van der Waals surface area contributed by atoms with Crippen LogP contribution in [-0.2, 0) is 26.6 Å². The molecule has 2 N–H and O–H groups in total. The first kappa shape index (κ1) is 27.4. The van der Waals surface area contributed by atoms with Gasteiger partial charge in [-0.2, -0.15) is 5.10 Å². The molecule has 0 saturated carbocycles. The number of anilines is 2. The summed E-state index contributed by atoms with van der Waals surface area (Å²) in [6, 6.07) is 14.8. The van der Waals surface area contributed by atoms with E-state index in [1.807, 2.05) is 13.2 Å². The van der Waals surface area contributed by atoms with Crippen molar-refractivity contribution in [3.05, 3.63) is 91.0 Å². The molecule has 202 valence electrons. The van der Waals surface area contributed by atoms with E-state index >= 15 is 0 Å². The minimum absolute atomic E-state index is 0.133. The van der Waals surface area contributed by atoms with Gasteiger partial charge < -0.3 is 10.1 Å². The lowest BCUT2D eigenvalue weighted by Gasteiger charge is -2.20. The number of amides is 2. The molecule has 0 bridgehead atoms. The van der Waals surface area contributed by atoms with Crippen LogP contribution in [0.15, 0.2) is 90.4 Å². The third kappa shape index (κ3) is 7.02. The maximum atomic E-state index is 13.1. The molecule has 39 heavy (non-hydrogen) atoms. The number of carbonyl (C=O) groups excluding carboxylic acids is 2. The van der Waals surface area contributed by atoms with Gasteiger partial charge in [0.2, 0.25) is 5.91 Å². The summed E-state index contributed by atoms with van der Waals surface area (Å²) in [7, 11) is -2.01. The van der Waals surface area contributed by atoms with Crippen LogP contribution in [0.3, 0.4) is 0 Å². The molecule has 10 nitrogen and oxygen atoms in total. The number of hydrogen-bond acceptors (Lipinski definition) is 6. The number of aromatic nitrogens is 3. The van der Waals surface area contributed by atoms with Crippen molar-refractivity contribution in [2.75, 3.05) is 10.6 Å². The lowest BCUT2D eigenvalue weighted by Crippen LogP contribution is -2.27. The molecular formula is C28H29N5O5S. The minimum atomic E-state index is -3.82. The van der Waals surface area contributed by atoms with Gasteiger partial charge in [-0.3, -0.25) is 14.8 Å². The Kier molecular flexibility index (Phi) is 7.73. The molecule has 0 spiro atoms. The van der Waals surface area contributed by atoms with Crippen LogP contribution in [0.5, 0.6) is 0 Å². The Labute approximate surface area is 227 Å². The lowest BCUT2D eigenvalue weighted by atomic mass is 10.1. The van der Waals surface area contributed by atoms with Crippen molar-refractivity contribution in [1.82, 2.24) is 13.8 Å². The molecule has 0 unspecified atom stereocenters.